The average molecular weight is 882 g/mol. The van der Waals surface area contributed by atoms with Gasteiger partial charge in [0.15, 0.2) is 0 Å². The molecule has 17 heteroatoms. The van der Waals surface area contributed by atoms with Gasteiger partial charge >= 0.3 is 24.4 Å². The zero-order valence-corrected chi connectivity index (χ0v) is 39.4. The summed E-state index contributed by atoms with van der Waals surface area (Å²) in [5, 5.41) is 14.2. The van der Waals surface area contributed by atoms with Crippen LogP contribution >= 0.6 is 0 Å². The zero-order chi connectivity index (χ0) is 47.2. The van der Waals surface area contributed by atoms with Crippen LogP contribution in [0.1, 0.15) is 113 Å². The molecule has 5 rings (SSSR count). The number of aliphatic imine (C=N–C) groups is 2. The highest BCUT2D eigenvalue weighted by Crippen LogP contribution is 2.30. The van der Waals surface area contributed by atoms with E-state index in [0.29, 0.717) is 39.0 Å². The van der Waals surface area contributed by atoms with E-state index in [0.717, 1.165) is 44.8 Å². The molecule has 64 heavy (non-hydrogen) atoms. The number of carbonyl (C=O) groups is 4. The van der Waals surface area contributed by atoms with Gasteiger partial charge in [-0.15, -0.1) is 15.1 Å². The van der Waals surface area contributed by atoms with Gasteiger partial charge in [0.05, 0.1) is 11.9 Å². The molecule has 3 aromatic rings. The number of rotatable bonds is 4. The Labute approximate surface area is 376 Å². The van der Waals surface area contributed by atoms with Crippen molar-refractivity contribution >= 4 is 47.4 Å². The molecule has 344 valence electrons. The second-order valence-corrected chi connectivity index (χ2v) is 19.6. The minimum Gasteiger partial charge on any atom is -0.444 e. The van der Waals surface area contributed by atoms with Crippen molar-refractivity contribution in [3.63, 3.8) is 0 Å². The van der Waals surface area contributed by atoms with Gasteiger partial charge in [-0.2, -0.15) is 0 Å². The van der Waals surface area contributed by atoms with Crippen LogP contribution in [0.5, 0.6) is 0 Å². The normalized spacial score (nSPS) is 15.5. The highest BCUT2D eigenvalue weighted by molar-refractivity contribution is 6.00. The lowest BCUT2D eigenvalue weighted by Crippen LogP contribution is -2.48. The summed E-state index contributed by atoms with van der Waals surface area (Å²) in [6.07, 6.45) is 4.22. The Morgan fingerprint density at radius 2 is 1.06 bits per heavy atom. The van der Waals surface area contributed by atoms with Gasteiger partial charge in [0.1, 0.15) is 28.1 Å². The molecule has 1 aromatic heterocycles. The van der Waals surface area contributed by atoms with E-state index < -0.39 is 46.8 Å². The molecule has 0 aliphatic carbocycles. The Bertz CT molecular complexity index is 2330. The predicted molar refractivity (Wildman–Crippen MR) is 246 cm³/mol. The van der Waals surface area contributed by atoms with Crippen LogP contribution in [0.15, 0.2) is 70.8 Å². The average Bonchev–Trinajstić information content (AvgIpc) is 3.65. The fourth-order valence-corrected chi connectivity index (χ4v) is 6.65. The van der Waals surface area contributed by atoms with Crippen molar-refractivity contribution in [2.75, 3.05) is 26.2 Å². The quantitative estimate of drug-likeness (QED) is 0.144. The molecule has 4 amide bonds. The standard InChI is InChI=1S/C47H63N9O8/c1-30-28-34(16-19-36(30)33-22-26-55(27-23-33)39(50-42(59)63-46(8,9)10)51-43(60)64-47(11,12)13)37-29-56(53-52-37)35-17-14-31(15-18-35)32-20-24-54(25-21-32)38(48-40(57)61-44(2,3)4)49-41(58)62-45(5,6)7/h14-20,22,28-29H,21,23-27H2,1-13H3,(H,48,49,57,58)(H,50,51,59,60). The van der Waals surface area contributed by atoms with Crippen LogP contribution in [0.4, 0.5) is 19.2 Å². The predicted octanol–water partition coefficient (Wildman–Crippen LogP) is 9.05. The van der Waals surface area contributed by atoms with Crippen LogP contribution in [0, 0.1) is 6.92 Å². The fourth-order valence-electron chi connectivity index (χ4n) is 6.65. The van der Waals surface area contributed by atoms with Crippen LogP contribution < -0.4 is 10.6 Å². The maximum absolute atomic E-state index is 12.7. The number of ether oxygens (including phenoxy) is 4. The van der Waals surface area contributed by atoms with E-state index >= 15 is 0 Å². The van der Waals surface area contributed by atoms with E-state index in [1.54, 1.807) is 97.6 Å². The summed E-state index contributed by atoms with van der Waals surface area (Å²) in [7, 11) is 0. The van der Waals surface area contributed by atoms with Crippen LogP contribution in [0.3, 0.4) is 0 Å². The topological polar surface area (TPSA) is 191 Å². The number of nitrogens with zero attached hydrogens (tertiary/aromatic N) is 7. The second kappa shape index (κ2) is 19.5. The van der Waals surface area contributed by atoms with E-state index in [1.165, 1.54) is 0 Å². The molecule has 0 fully saturated rings. The van der Waals surface area contributed by atoms with Crippen LogP contribution in [-0.4, -0.2) is 110 Å². The lowest BCUT2D eigenvalue weighted by Gasteiger charge is -2.30. The van der Waals surface area contributed by atoms with Crippen molar-refractivity contribution in [1.82, 2.24) is 35.4 Å². The zero-order valence-electron chi connectivity index (χ0n) is 39.4. The van der Waals surface area contributed by atoms with E-state index in [-0.39, 0.29) is 11.9 Å². The lowest BCUT2D eigenvalue weighted by molar-refractivity contribution is 0.0536. The van der Waals surface area contributed by atoms with E-state index in [9.17, 15) is 19.2 Å². The fraction of sp³-hybridized carbons (Fsp3) is 0.489. The summed E-state index contributed by atoms with van der Waals surface area (Å²) >= 11 is 0. The smallest absolute Gasteiger partial charge is 0.437 e. The summed E-state index contributed by atoms with van der Waals surface area (Å²) in [6, 6.07) is 14.2. The number of hydrogen-bond donors (Lipinski definition) is 2. The van der Waals surface area contributed by atoms with Gasteiger partial charge in [-0.25, -0.2) is 23.9 Å². The van der Waals surface area contributed by atoms with Crippen molar-refractivity contribution in [2.24, 2.45) is 9.98 Å². The number of benzene rings is 2. The van der Waals surface area contributed by atoms with Crippen molar-refractivity contribution in [2.45, 2.75) is 125 Å². The third-order valence-corrected chi connectivity index (χ3v) is 9.29. The molecular formula is C47H63N9O8. The Kier molecular flexibility index (Phi) is 14.8. The minimum atomic E-state index is -0.810. The molecule has 0 spiro atoms. The summed E-state index contributed by atoms with van der Waals surface area (Å²) in [4.78, 5) is 62.4. The highest BCUT2D eigenvalue weighted by atomic mass is 16.6. The first kappa shape index (κ1) is 48.5. The number of guanidine groups is 2. The molecule has 0 unspecified atom stereocenters. The molecule has 17 nitrogen and oxygen atoms in total. The molecule has 0 saturated carbocycles. The molecular weight excluding hydrogens is 819 g/mol. The monoisotopic (exact) mass is 881 g/mol. The summed E-state index contributed by atoms with van der Waals surface area (Å²) < 4.78 is 23.4. The summed E-state index contributed by atoms with van der Waals surface area (Å²) in [5.74, 6) is 0.127. The first-order valence-electron chi connectivity index (χ1n) is 21.4. The molecule has 0 saturated heterocycles. The van der Waals surface area contributed by atoms with E-state index in [2.05, 4.69) is 56.1 Å². The third-order valence-electron chi connectivity index (χ3n) is 9.29. The lowest BCUT2D eigenvalue weighted by atomic mass is 9.93. The first-order valence-corrected chi connectivity index (χ1v) is 21.4. The Morgan fingerprint density at radius 3 is 1.48 bits per heavy atom. The number of nitrogens with one attached hydrogen (secondary N) is 2. The van der Waals surface area contributed by atoms with Gasteiger partial charge < -0.3 is 28.7 Å². The number of aryl methyl sites for hydroxylation is 1. The van der Waals surface area contributed by atoms with Gasteiger partial charge in [0.2, 0.25) is 11.9 Å². The van der Waals surface area contributed by atoms with E-state index in [1.807, 2.05) is 42.6 Å². The van der Waals surface area contributed by atoms with Crippen LogP contribution in [0.25, 0.3) is 28.1 Å². The van der Waals surface area contributed by atoms with Gasteiger partial charge in [-0.05, 0) is 149 Å². The Balaban J connectivity index is 1.24. The van der Waals surface area contributed by atoms with Crippen molar-refractivity contribution < 1.29 is 38.1 Å². The summed E-state index contributed by atoms with van der Waals surface area (Å²) in [6.45, 7) is 24.9. The highest BCUT2D eigenvalue weighted by Gasteiger charge is 2.27. The van der Waals surface area contributed by atoms with Gasteiger partial charge in [-0.1, -0.05) is 41.6 Å². The minimum absolute atomic E-state index is 0.0622. The molecule has 0 radical (unpaired) electrons. The third kappa shape index (κ3) is 14.8. The molecule has 2 aromatic carbocycles. The van der Waals surface area contributed by atoms with E-state index in [4.69, 9.17) is 18.9 Å². The van der Waals surface area contributed by atoms with Crippen LogP contribution in [0.2, 0.25) is 0 Å². The number of carbonyl (C=O) groups excluding carboxylic acids is 4. The maximum atomic E-state index is 12.7. The van der Waals surface area contributed by atoms with Gasteiger partial charge in [0.25, 0.3) is 0 Å². The first-order chi connectivity index (χ1) is 29.7. The molecule has 2 aliphatic heterocycles. The van der Waals surface area contributed by atoms with Crippen molar-refractivity contribution in [3.05, 3.63) is 77.5 Å². The Hall–Kier alpha value is -6.52. The number of amides is 4. The number of alkyl carbamates (subject to hydrolysis) is 2. The second-order valence-electron chi connectivity index (χ2n) is 19.6. The SMILES string of the molecule is Cc1cc(-c2cn(-c3ccc(C4=CCN(C(=NC(=O)OC(C)(C)C)NC(=O)OC(C)(C)C)CC4)cc3)nn2)ccc1C1=CCN(C(=NC(=O)OC(C)(C)C)NC(=O)OC(C)(C)C)CC1. The van der Waals surface area contributed by atoms with Crippen LogP contribution in [-0.2, 0) is 18.9 Å². The van der Waals surface area contributed by atoms with Crippen molar-refractivity contribution in [1.29, 1.82) is 0 Å². The van der Waals surface area contributed by atoms with Crippen molar-refractivity contribution in [3.8, 4) is 16.9 Å². The maximum Gasteiger partial charge on any atom is 0.437 e. The van der Waals surface area contributed by atoms with Gasteiger partial charge in [0, 0.05) is 31.7 Å². The largest absolute Gasteiger partial charge is 0.444 e. The van der Waals surface area contributed by atoms with Gasteiger partial charge in [-0.3, -0.25) is 10.6 Å². The molecule has 2 aliphatic rings. The molecule has 3 heterocycles. The Morgan fingerprint density at radius 1 is 0.609 bits per heavy atom. The molecule has 0 atom stereocenters. The molecule has 0 bridgehead atoms. The molecule has 2 N–H and O–H groups in total. The number of hydrogen-bond acceptors (Lipinski definition) is 10. The summed E-state index contributed by atoms with van der Waals surface area (Å²) in [5.41, 5.74) is 4.93. The number of aromatic nitrogens is 3.